The molecule has 1 N–H and O–H groups in total. The van der Waals surface area contributed by atoms with Gasteiger partial charge in [0.1, 0.15) is 0 Å². The summed E-state index contributed by atoms with van der Waals surface area (Å²) >= 11 is 3.42. The molecule has 1 saturated heterocycles. The first kappa shape index (κ1) is 16.6. The van der Waals surface area contributed by atoms with Crippen LogP contribution in [0.3, 0.4) is 0 Å². The number of thioether (sulfide) groups is 1. The van der Waals surface area contributed by atoms with E-state index in [1.54, 1.807) is 23.1 Å². The van der Waals surface area contributed by atoms with Crippen LogP contribution in [-0.2, 0) is 17.1 Å². The number of hydrogen-bond acceptors (Lipinski definition) is 4. The Morgan fingerprint density at radius 1 is 1.26 bits per heavy atom. The van der Waals surface area contributed by atoms with Crippen molar-refractivity contribution in [3.63, 3.8) is 0 Å². The second-order valence-electron chi connectivity index (χ2n) is 5.90. The first-order chi connectivity index (χ1) is 11.3. The zero-order valence-corrected chi connectivity index (χ0v) is 14.7. The highest BCUT2D eigenvalue weighted by atomic mass is 32.2. The predicted molar refractivity (Wildman–Crippen MR) is 98.7 cm³/mol. The number of benzene rings is 1. The fourth-order valence-corrected chi connectivity index (χ4v) is 4.30. The lowest BCUT2D eigenvalue weighted by molar-refractivity contribution is -0.119. The van der Waals surface area contributed by atoms with Crippen LogP contribution >= 0.6 is 23.1 Å². The first-order valence-corrected chi connectivity index (χ1v) is 10.0. The van der Waals surface area contributed by atoms with E-state index >= 15 is 0 Å². The third-order valence-electron chi connectivity index (χ3n) is 3.97. The lowest BCUT2D eigenvalue weighted by Gasteiger charge is -2.16. The molecule has 1 amide bonds. The van der Waals surface area contributed by atoms with Gasteiger partial charge in [0.25, 0.3) is 0 Å². The van der Waals surface area contributed by atoms with Crippen molar-refractivity contribution in [2.45, 2.75) is 24.8 Å². The molecule has 0 saturated carbocycles. The van der Waals surface area contributed by atoms with Gasteiger partial charge in [-0.1, -0.05) is 30.3 Å². The fourth-order valence-electron chi connectivity index (χ4n) is 2.84. The monoisotopic (exact) mass is 346 g/mol. The topological polar surface area (TPSA) is 32.3 Å². The number of hydrogen-bond donors (Lipinski definition) is 1. The summed E-state index contributed by atoms with van der Waals surface area (Å²) in [5.74, 6) is 1.59. The van der Waals surface area contributed by atoms with Crippen molar-refractivity contribution >= 4 is 29.0 Å². The van der Waals surface area contributed by atoms with Gasteiger partial charge in [-0.25, -0.2) is 0 Å². The van der Waals surface area contributed by atoms with E-state index in [9.17, 15) is 4.79 Å². The summed E-state index contributed by atoms with van der Waals surface area (Å²) in [4.78, 5) is 14.5. The van der Waals surface area contributed by atoms with Crippen molar-refractivity contribution < 1.29 is 4.79 Å². The Labute approximate surface area is 146 Å². The summed E-state index contributed by atoms with van der Waals surface area (Å²) in [5, 5.41) is 7.50. The van der Waals surface area contributed by atoms with Crippen LogP contribution in [0.25, 0.3) is 0 Å². The highest BCUT2D eigenvalue weighted by Crippen LogP contribution is 2.16. The van der Waals surface area contributed by atoms with E-state index in [0.29, 0.717) is 11.8 Å². The molecule has 1 aromatic heterocycles. The summed E-state index contributed by atoms with van der Waals surface area (Å²) in [5.41, 5.74) is 2.65. The number of rotatable bonds is 7. The van der Waals surface area contributed by atoms with Crippen LogP contribution in [-0.4, -0.2) is 35.7 Å². The Hall–Kier alpha value is -1.30. The Morgan fingerprint density at radius 2 is 2.13 bits per heavy atom. The standard InChI is InChI=1S/C18H22N2OS2/c21-18(14-23-12-15-4-2-1-3-5-15)19-17-6-8-20(11-17)10-16-7-9-22-13-16/h1-5,7,9,13,17H,6,8,10-12,14H2,(H,19,21). The predicted octanol–water partition coefficient (Wildman–Crippen LogP) is 3.37. The Bertz CT molecular complexity index is 601. The molecule has 1 fully saturated rings. The van der Waals surface area contributed by atoms with Gasteiger partial charge in [-0.3, -0.25) is 9.69 Å². The number of nitrogens with zero attached hydrogens (tertiary/aromatic N) is 1. The van der Waals surface area contributed by atoms with E-state index in [2.05, 4.69) is 39.2 Å². The first-order valence-electron chi connectivity index (χ1n) is 7.94. The minimum atomic E-state index is 0.160. The van der Waals surface area contributed by atoms with Gasteiger partial charge in [-0.2, -0.15) is 11.3 Å². The summed E-state index contributed by atoms with van der Waals surface area (Å²) in [6.45, 7) is 3.03. The van der Waals surface area contributed by atoms with Crippen molar-refractivity contribution in [3.05, 3.63) is 58.3 Å². The van der Waals surface area contributed by atoms with Crippen molar-refractivity contribution in [1.82, 2.24) is 10.2 Å². The molecule has 2 aromatic rings. The lowest BCUT2D eigenvalue weighted by Crippen LogP contribution is -2.38. The molecule has 1 aliphatic rings. The summed E-state index contributed by atoms with van der Waals surface area (Å²) in [6.07, 6.45) is 1.05. The Kier molecular flexibility index (Phi) is 6.13. The fraction of sp³-hybridized carbons (Fsp3) is 0.389. The minimum absolute atomic E-state index is 0.160. The molecule has 0 bridgehead atoms. The minimum Gasteiger partial charge on any atom is -0.351 e. The Balaban J connectivity index is 1.34. The quantitative estimate of drug-likeness (QED) is 0.834. The lowest BCUT2D eigenvalue weighted by atomic mass is 10.2. The van der Waals surface area contributed by atoms with Crippen molar-refractivity contribution in [2.75, 3.05) is 18.8 Å². The van der Waals surface area contributed by atoms with Crippen LogP contribution in [0.5, 0.6) is 0 Å². The molecule has 1 unspecified atom stereocenters. The molecule has 5 heteroatoms. The molecule has 3 rings (SSSR count). The van der Waals surface area contributed by atoms with E-state index < -0.39 is 0 Å². The van der Waals surface area contributed by atoms with Crippen LogP contribution < -0.4 is 5.32 Å². The van der Waals surface area contributed by atoms with Crippen LogP contribution in [0.4, 0.5) is 0 Å². The van der Waals surface area contributed by atoms with Crippen molar-refractivity contribution in [1.29, 1.82) is 0 Å². The number of nitrogens with one attached hydrogen (secondary N) is 1. The maximum atomic E-state index is 12.1. The van der Waals surface area contributed by atoms with Crippen LogP contribution in [0, 0.1) is 0 Å². The van der Waals surface area contributed by atoms with Gasteiger partial charge < -0.3 is 5.32 Å². The second kappa shape index (κ2) is 8.52. The smallest absolute Gasteiger partial charge is 0.230 e. The van der Waals surface area contributed by atoms with Gasteiger partial charge in [-0.15, -0.1) is 11.8 Å². The van der Waals surface area contributed by atoms with Crippen LogP contribution in [0.2, 0.25) is 0 Å². The zero-order valence-electron chi connectivity index (χ0n) is 13.1. The van der Waals surface area contributed by atoms with Gasteiger partial charge >= 0.3 is 0 Å². The SMILES string of the molecule is O=C(CSCc1ccccc1)NC1CCN(Cc2ccsc2)C1. The molecule has 0 radical (unpaired) electrons. The molecule has 23 heavy (non-hydrogen) atoms. The number of carbonyl (C=O) groups excluding carboxylic acids is 1. The van der Waals surface area contributed by atoms with E-state index in [-0.39, 0.29) is 5.91 Å². The van der Waals surface area contributed by atoms with Gasteiger partial charge in [0.2, 0.25) is 5.91 Å². The van der Waals surface area contributed by atoms with Gasteiger partial charge in [0.15, 0.2) is 0 Å². The molecule has 1 atom stereocenters. The summed E-state index contributed by atoms with van der Waals surface area (Å²) in [7, 11) is 0. The molecule has 3 nitrogen and oxygen atoms in total. The highest BCUT2D eigenvalue weighted by Gasteiger charge is 2.23. The van der Waals surface area contributed by atoms with Crippen molar-refractivity contribution in [2.24, 2.45) is 0 Å². The molecule has 1 aromatic carbocycles. The van der Waals surface area contributed by atoms with E-state index in [0.717, 1.165) is 31.8 Å². The Morgan fingerprint density at radius 3 is 2.91 bits per heavy atom. The molecular weight excluding hydrogens is 324 g/mol. The largest absolute Gasteiger partial charge is 0.351 e. The normalized spacial score (nSPS) is 18.2. The average Bonchev–Trinajstić information content (AvgIpc) is 3.21. The van der Waals surface area contributed by atoms with E-state index in [1.807, 2.05) is 18.2 Å². The second-order valence-corrected chi connectivity index (χ2v) is 7.66. The molecular formula is C18H22N2OS2. The maximum absolute atomic E-state index is 12.1. The number of likely N-dealkylation sites (tertiary alicyclic amines) is 1. The molecule has 122 valence electrons. The zero-order chi connectivity index (χ0) is 15.9. The molecule has 1 aliphatic heterocycles. The van der Waals surface area contributed by atoms with Gasteiger partial charge in [0, 0.05) is 31.4 Å². The van der Waals surface area contributed by atoms with E-state index in [4.69, 9.17) is 0 Å². The average molecular weight is 347 g/mol. The van der Waals surface area contributed by atoms with Crippen LogP contribution in [0.15, 0.2) is 47.2 Å². The third kappa shape index (κ3) is 5.37. The summed E-state index contributed by atoms with van der Waals surface area (Å²) in [6, 6.07) is 12.8. The molecule has 2 heterocycles. The van der Waals surface area contributed by atoms with Gasteiger partial charge in [0.05, 0.1) is 5.75 Å². The maximum Gasteiger partial charge on any atom is 0.230 e. The molecule has 0 aliphatic carbocycles. The van der Waals surface area contributed by atoms with Crippen LogP contribution in [0.1, 0.15) is 17.5 Å². The number of carbonyl (C=O) groups is 1. The van der Waals surface area contributed by atoms with Gasteiger partial charge in [-0.05, 0) is 34.4 Å². The number of amides is 1. The highest BCUT2D eigenvalue weighted by molar-refractivity contribution is 7.99. The van der Waals surface area contributed by atoms with Crippen molar-refractivity contribution in [3.8, 4) is 0 Å². The third-order valence-corrected chi connectivity index (χ3v) is 5.70. The molecule has 0 spiro atoms. The summed E-state index contributed by atoms with van der Waals surface area (Å²) < 4.78 is 0. The van der Waals surface area contributed by atoms with E-state index in [1.165, 1.54) is 11.1 Å². The number of thiophene rings is 1.